The number of hydrogen-bond acceptors (Lipinski definition) is 3. The number of phenolic OH excluding ortho intramolecular Hbond substituents is 2. The van der Waals surface area contributed by atoms with Crippen LogP contribution in [0.5, 0.6) is 17.2 Å². The molecule has 1 aromatic rings. The number of alkyl halides is 1. The average molecular weight is 247 g/mol. The summed E-state index contributed by atoms with van der Waals surface area (Å²) in [6.07, 6.45) is 0. The Bertz CT molecular complexity index is 299. The van der Waals surface area contributed by atoms with Crippen LogP contribution in [-0.2, 0) is 5.33 Å². The van der Waals surface area contributed by atoms with E-state index in [2.05, 4.69) is 15.9 Å². The van der Waals surface area contributed by atoms with Gasteiger partial charge in [-0.2, -0.15) is 0 Å². The maximum Gasteiger partial charge on any atom is 0.203 e. The van der Waals surface area contributed by atoms with Gasteiger partial charge in [-0.15, -0.1) is 0 Å². The molecule has 0 aliphatic carbocycles. The molecule has 1 aromatic carbocycles. The fourth-order valence-corrected chi connectivity index (χ4v) is 1.45. The van der Waals surface area contributed by atoms with Crippen molar-refractivity contribution in [1.82, 2.24) is 0 Å². The molecule has 0 bridgehead atoms. The van der Waals surface area contributed by atoms with E-state index in [-0.39, 0.29) is 17.2 Å². The van der Waals surface area contributed by atoms with Crippen LogP contribution < -0.4 is 4.74 Å². The lowest BCUT2D eigenvalue weighted by Gasteiger charge is -2.10. The van der Waals surface area contributed by atoms with E-state index in [1.807, 2.05) is 0 Å². The largest absolute Gasteiger partial charge is 0.504 e. The highest BCUT2D eigenvalue weighted by atomic mass is 79.9. The van der Waals surface area contributed by atoms with E-state index < -0.39 is 0 Å². The fourth-order valence-electron chi connectivity index (χ4n) is 0.996. The Morgan fingerprint density at radius 1 is 1.38 bits per heavy atom. The zero-order valence-corrected chi connectivity index (χ0v) is 8.84. The van der Waals surface area contributed by atoms with E-state index in [1.54, 1.807) is 13.0 Å². The lowest BCUT2D eigenvalue weighted by Crippen LogP contribution is -1.93. The predicted molar refractivity (Wildman–Crippen MR) is 53.6 cm³/mol. The first-order chi connectivity index (χ1) is 6.20. The van der Waals surface area contributed by atoms with Gasteiger partial charge in [-0.25, -0.2) is 0 Å². The quantitative estimate of drug-likeness (QED) is 0.806. The van der Waals surface area contributed by atoms with Crippen molar-refractivity contribution in [3.63, 3.8) is 0 Å². The van der Waals surface area contributed by atoms with E-state index in [4.69, 9.17) is 4.74 Å². The number of benzene rings is 1. The zero-order chi connectivity index (χ0) is 9.84. The Balaban J connectivity index is 3.13. The van der Waals surface area contributed by atoms with Gasteiger partial charge in [0.05, 0.1) is 6.61 Å². The minimum atomic E-state index is -0.0379. The van der Waals surface area contributed by atoms with Crippen LogP contribution in [0.15, 0.2) is 12.1 Å². The third-order valence-electron chi connectivity index (χ3n) is 1.63. The van der Waals surface area contributed by atoms with E-state index in [0.717, 1.165) is 0 Å². The Kier molecular flexibility index (Phi) is 3.42. The molecule has 72 valence electrons. The number of halogens is 1. The second-order valence-electron chi connectivity index (χ2n) is 2.49. The maximum atomic E-state index is 9.59. The number of phenols is 2. The normalized spacial score (nSPS) is 10.0. The van der Waals surface area contributed by atoms with Gasteiger partial charge in [0.15, 0.2) is 11.5 Å². The molecule has 0 atom stereocenters. The van der Waals surface area contributed by atoms with Crippen molar-refractivity contribution in [2.24, 2.45) is 0 Å². The van der Waals surface area contributed by atoms with Crippen LogP contribution in [0.25, 0.3) is 0 Å². The third-order valence-corrected chi connectivity index (χ3v) is 2.23. The molecule has 0 saturated carbocycles. The Labute approximate surface area is 85.1 Å². The highest BCUT2D eigenvalue weighted by Gasteiger charge is 2.11. The summed E-state index contributed by atoms with van der Waals surface area (Å²) >= 11 is 3.22. The highest BCUT2D eigenvalue weighted by Crippen LogP contribution is 2.39. The number of ether oxygens (including phenoxy) is 1. The van der Waals surface area contributed by atoms with Crippen molar-refractivity contribution >= 4 is 15.9 Å². The monoisotopic (exact) mass is 246 g/mol. The van der Waals surface area contributed by atoms with E-state index >= 15 is 0 Å². The molecule has 0 spiro atoms. The Morgan fingerprint density at radius 3 is 2.62 bits per heavy atom. The molecule has 0 aliphatic heterocycles. The van der Waals surface area contributed by atoms with Gasteiger partial charge < -0.3 is 14.9 Å². The second-order valence-corrected chi connectivity index (χ2v) is 3.05. The van der Waals surface area contributed by atoms with Crippen LogP contribution in [-0.4, -0.2) is 16.8 Å². The number of hydrogen-bond donors (Lipinski definition) is 2. The molecular weight excluding hydrogens is 236 g/mol. The van der Waals surface area contributed by atoms with E-state index in [0.29, 0.717) is 17.5 Å². The maximum absolute atomic E-state index is 9.59. The lowest BCUT2D eigenvalue weighted by atomic mass is 10.2. The highest BCUT2D eigenvalue weighted by molar-refractivity contribution is 9.08. The van der Waals surface area contributed by atoms with Crippen LogP contribution in [0.3, 0.4) is 0 Å². The molecule has 0 amide bonds. The first kappa shape index (κ1) is 10.2. The minimum Gasteiger partial charge on any atom is -0.504 e. The summed E-state index contributed by atoms with van der Waals surface area (Å²) < 4.78 is 5.09. The standard InChI is InChI=1S/C9H11BrO3/c1-2-13-9-7(11)4-3-6(5-10)8(9)12/h3-4,11-12H,2,5H2,1H3. The predicted octanol–water partition coefficient (Wildman–Crippen LogP) is 2.39. The zero-order valence-electron chi connectivity index (χ0n) is 7.25. The molecule has 3 nitrogen and oxygen atoms in total. The van der Waals surface area contributed by atoms with E-state index in [1.165, 1.54) is 6.07 Å². The van der Waals surface area contributed by atoms with E-state index in [9.17, 15) is 10.2 Å². The summed E-state index contributed by atoms with van der Waals surface area (Å²) in [5.74, 6) is 0.113. The molecule has 0 aliphatic rings. The van der Waals surface area contributed by atoms with Crippen molar-refractivity contribution in [1.29, 1.82) is 0 Å². The summed E-state index contributed by atoms with van der Waals surface area (Å²) in [7, 11) is 0. The lowest BCUT2D eigenvalue weighted by molar-refractivity contribution is 0.298. The SMILES string of the molecule is CCOc1c(O)ccc(CBr)c1O. The van der Waals surface area contributed by atoms with Crippen molar-refractivity contribution in [3.05, 3.63) is 17.7 Å². The van der Waals surface area contributed by atoms with Gasteiger partial charge in [-0.05, 0) is 13.0 Å². The summed E-state index contributed by atoms with van der Waals surface area (Å²) in [5, 5.41) is 19.5. The molecule has 1 rings (SSSR count). The number of aromatic hydroxyl groups is 2. The van der Waals surface area contributed by atoms with Gasteiger partial charge in [0.2, 0.25) is 5.75 Å². The van der Waals surface area contributed by atoms with Crippen LogP contribution in [0.2, 0.25) is 0 Å². The molecule has 0 aromatic heterocycles. The molecule has 0 heterocycles. The number of rotatable bonds is 3. The summed E-state index contributed by atoms with van der Waals surface area (Å²) in [6, 6.07) is 3.14. The average Bonchev–Trinajstić information content (AvgIpc) is 2.12. The molecule has 0 saturated heterocycles. The molecule has 0 fully saturated rings. The van der Waals surface area contributed by atoms with Gasteiger partial charge in [-0.3, -0.25) is 0 Å². The van der Waals surface area contributed by atoms with Gasteiger partial charge in [-0.1, -0.05) is 22.0 Å². The Morgan fingerprint density at radius 2 is 2.08 bits per heavy atom. The van der Waals surface area contributed by atoms with Crippen molar-refractivity contribution in [2.75, 3.05) is 6.61 Å². The molecule has 13 heavy (non-hydrogen) atoms. The van der Waals surface area contributed by atoms with Crippen LogP contribution in [0.1, 0.15) is 12.5 Å². The van der Waals surface area contributed by atoms with Gasteiger partial charge >= 0.3 is 0 Å². The first-order valence-corrected chi connectivity index (χ1v) is 5.05. The molecular formula is C9H11BrO3. The van der Waals surface area contributed by atoms with Gasteiger partial charge in [0, 0.05) is 10.9 Å². The minimum absolute atomic E-state index is 0.00118. The Hall–Kier alpha value is -0.900. The summed E-state index contributed by atoms with van der Waals surface area (Å²) in [5.41, 5.74) is 0.696. The van der Waals surface area contributed by atoms with Crippen molar-refractivity contribution < 1.29 is 14.9 Å². The second kappa shape index (κ2) is 4.37. The van der Waals surface area contributed by atoms with Crippen LogP contribution in [0.4, 0.5) is 0 Å². The molecule has 0 radical (unpaired) electrons. The van der Waals surface area contributed by atoms with Gasteiger partial charge in [0.25, 0.3) is 0 Å². The fraction of sp³-hybridized carbons (Fsp3) is 0.333. The summed E-state index contributed by atoms with van der Waals surface area (Å²) in [4.78, 5) is 0. The smallest absolute Gasteiger partial charge is 0.203 e. The van der Waals surface area contributed by atoms with Crippen LogP contribution in [0, 0.1) is 0 Å². The third kappa shape index (κ3) is 2.06. The van der Waals surface area contributed by atoms with Gasteiger partial charge in [0.1, 0.15) is 0 Å². The molecule has 4 heteroatoms. The molecule has 2 N–H and O–H groups in total. The van der Waals surface area contributed by atoms with Crippen molar-refractivity contribution in [2.45, 2.75) is 12.3 Å². The summed E-state index contributed by atoms with van der Waals surface area (Å²) in [6.45, 7) is 2.20. The topological polar surface area (TPSA) is 49.7 Å². The molecule has 0 unspecified atom stereocenters. The van der Waals surface area contributed by atoms with Crippen molar-refractivity contribution in [3.8, 4) is 17.2 Å². The first-order valence-electron chi connectivity index (χ1n) is 3.93. The van der Waals surface area contributed by atoms with Crippen LogP contribution >= 0.6 is 15.9 Å².